The summed E-state index contributed by atoms with van der Waals surface area (Å²) in [5.41, 5.74) is 1.22. The molecule has 1 rings (SSSR count). The lowest BCUT2D eigenvalue weighted by atomic mass is 9.90. The smallest absolute Gasteiger partial charge is 0.122 e. The molecule has 0 saturated carbocycles. The molecule has 90 valence electrons. The molecular formula is C13H18BrClO. The van der Waals surface area contributed by atoms with Crippen molar-refractivity contribution in [1.29, 1.82) is 0 Å². The van der Waals surface area contributed by atoms with Crippen LogP contribution in [0.15, 0.2) is 22.7 Å². The minimum Gasteiger partial charge on any atom is -0.496 e. The van der Waals surface area contributed by atoms with E-state index >= 15 is 0 Å². The number of hydrogen-bond acceptors (Lipinski definition) is 1. The summed E-state index contributed by atoms with van der Waals surface area (Å²) in [5, 5.41) is 0. The molecule has 0 radical (unpaired) electrons. The van der Waals surface area contributed by atoms with Crippen LogP contribution in [-0.4, -0.2) is 13.0 Å². The first-order valence-corrected chi connectivity index (χ1v) is 6.79. The van der Waals surface area contributed by atoms with Crippen LogP contribution in [0.2, 0.25) is 0 Å². The molecule has 0 heterocycles. The number of ether oxygens (including phenoxy) is 1. The Hall–Kier alpha value is -0.210. The second kappa shape index (κ2) is 6.51. The Kier molecular flexibility index (Phi) is 5.63. The van der Waals surface area contributed by atoms with Crippen molar-refractivity contribution in [3.8, 4) is 5.75 Å². The van der Waals surface area contributed by atoms with Crippen LogP contribution in [0.25, 0.3) is 0 Å². The Morgan fingerprint density at radius 3 is 2.56 bits per heavy atom. The summed E-state index contributed by atoms with van der Waals surface area (Å²) in [4.78, 5) is 0. The van der Waals surface area contributed by atoms with Crippen molar-refractivity contribution in [3.05, 3.63) is 28.2 Å². The van der Waals surface area contributed by atoms with Crippen LogP contribution in [-0.2, 0) is 6.42 Å². The van der Waals surface area contributed by atoms with Crippen molar-refractivity contribution in [3.63, 3.8) is 0 Å². The highest BCUT2D eigenvalue weighted by atomic mass is 79.9. The summed E-state index contributed by atoms with van der Waals surface area (Å²) in [6.07, 6.45) is 0.962. The van der Waals surface area contributed by atoms with Crippen LogP contribution >= 0.6 is 27.5 Å². The molecule has 1 unspecified atom stereocenters. The van der Waals surface area contributed by atoms with E-state index in [4.69, 9.17) is 16.3 Å². The van der Waals surface area contributed by atoms with Gasteiger partial charge in [0.1, 0.15) is 5.75 Å². The molecule has 0 amide bonds. The predicted octanol–water partition coefficient (Wildman–Crippen LogP) is 4.51. The summed E-state index contributed by atoms with van der Waals surface area (Å²) < 4.78 is 6.45. The van der Waals surface area contributed by atoms with Gasteiger partial charge in [0.05, 0.1) is 7.11 Å². The zero-order valence-corrected chi connectivity index (χ0v) is 12.3. The van der Waals surface area contributed by atoms with Crippen molar-refractivity contribution in [2.24, 2.45) is 11.8 Å². The van der Waals surface area contributed by atoms with Crippen LogP contribution in [0.3, 0.4) is 0 Å². The Balaban J connectivity index is 2.89. The maximum absolute atomic E-state index is 6.00. The molecule has 0 aromatic heterocycles. The molecule has 0 fully saturated rings. The molecule has 0 bridgehead atoms. The van der Waals surface area contributed by atoms with Crippen molar-refractivity contribution >= 4 is 27.5 Å². The molecule has 0 aliphatic heterocycles. The SMILES string of the molecule is COc1ccc(Br)cc1CC(CCl)C(C)C. The predicted molar refractivity (Wildman–Crippen MR) is 73.4 cm³/mol. The molecule has 1 aromatic rings. The second-order valence-electron chi connectivity index (χ2n) is 4.32. The van der Waals surface area contributed by atoms with Gasteiger partial charge >= 0.3 is 0 Å². The molecule has 0 N–H and O–H groups in total. The van der Waals surface area contributed by atoms with Crippen molar-refractivity contribution in [1.82, 2.24) is 0 Å². The lowest BCUT2D eigenvalue weighted by molar-refractivity contribution is 0.388. The second-order valence-corrected chi connectivity index (χ2v) is 5.54. The van der Waals surface area contributed by atoms with E-state index in [0.29, 0.717) is 17.7 Å². The van der Waals surface area contributed by atoms with E-state index in [2.05, 4.69) is 35.8 Å². The Bertz CT molecular complexity index is 339. The van der Waals surface area contributed by atoms with Gasteiger partial charge in [-0.15, -0.1) is 11.6 Å². The molecule has 0 spiro atoms. The lowest BCUT2D eigenvalue weighted by Crippen LogP contribution is -2.14. The third-order valence-corrected chi connectivity index (χ3v) is 3.76. The molecule has 1 aromatic carbocycles. The Labute approximate surface area is 111 Å². The van der Waals surface area contributed by atoms with Crippen molar-refractivity contribution < 1.29 is 4.74 Å². The summed E-state index contributed by atoms with van der Waals surface area (Å²) in [6.45, 7) is 4.41. The number of halogens is 2. The van der Waals surface area contributed by atoms with Crippen LogP contribution < -0.4 is 4.74 Å². The monoisotopic (exact) mass is 304 g/mol. The summed E-state index contributed by atoms with van der Waals surface area (Å²) >= 11 is 9.48. The van der Waals surface area contributed by atoms with E-state index in [0.717, 1.165) is 16.6 Å². The molecule has 1 atom stereocenters. The van der Waals surface area contributed by atoms with Crippen molar-refractivity contribution in [2.75, 3.05) is 13.0 Å². The van der Waals surface area contributed by atoms with Crippen molar-refractivity contribution in [2.45, 2.75) is 20.3 Å². The first kappa shape index (κ1) is 13.9. The largest absolute Gasteiger partial charge is 0.496 e. The van der Waals surface area contributed by atoms with E-state index in [-0.39, 0.29) is 0 Å². The van der Waals surface area contributed by atoms with E-state index < -0.39 is 0 Å². The number of methoxy groups -OCH3 is 1. The molecular weight excluding hydrogens is 287 g/mol. The highest BCUT2D eigenvalue weighted by Crippen LogP contribution is 2.28. The fourth-order valence-electron chi connectivity index (χ4n) is 1.66. The van der Waals surface area contributed by atoms with E-state index in [9.17, 15) is 0 Å². The third kappa shape index (κ3) is 3.67. The lowest BCUT2D eigenvalue weighted by Gasteiger charge is -2.19. The minimum absolute atomic E-state index is 0.491. The van der Waals surface area contributed by atoms with Gasteiger partial charge in [-0.05, 0) is 42.0 Å². The van der Waals surface area contributed by atoms with Gasteiger partial charge in [0, 0.05) is 10.4 Å². The van der Waals surface area contributed by atoms with Gasteiger partial charge in [0.2, 0.25) is 0 Å². The quantitative estimate of drug-likeness (QED) is 0.727. The van der Waals surface area contributed by atoms with E-state index in [1.807, 2.05) is 12.1 Å². The van der Waals surface area contributed by atoms with Gasteiger partial charge in [-0.25, -0.2) is 0 Å². The first-order chi connectivity index (χ1) is 7.58. The number of rotatable bonds is 5. The number of alkyl halides is 1. The minimum atomic E-state index is 0.491. The summed E-state index contributed by atoms with van der Waals surface area (Å²) in [5.74, 6) is 2.71. The maximum Gasteiger partial charge on any atom is 0.122 e. The molecule has 1 nitrogen and oxygen atoms in total. The fraction of sp³-hybridized carbons (Fsp3) is 0.538. The van der Waals surface area contributed by atoms with Gasteiger partial charge in [0.25, 0.3) is 0 Å². The number of hydrogen-bond donors (Lipinski definition) is 0. The van der Waals surface area contributed by atoms with Gasteiger partial charge in [-0.3, -0.25) is 0 Å². The van der Waals surface area contributed by atoms with E-state index in [1.165, 1.54) is 5.56 Å². The molecule has 0 saturated heterocycles. The normalized spacial score (nSPS) is 12.9. The van der Waals surface area contributed by atoms with Crippen LogP contribution in [0, 0.1) is 11.8 Å². The fourth-order valence-corrected chi connectivity index (χ4v) is 2.53. The van der Waals surface area contributed by atoms with Gasteiger partial charge < -0.3 is 4.74 Å². The van der Waals surface area contributed by atoms with E-state index in [1.54, 1.807) is 7.11 Å². The topological polar surface area (TPSA) is 9.23 Å². The van der Waals surface area contributed by atoms with Crippen LogP contribution in [0.1, 0.15) is 19.4 Å². The zero-order valence-electron chi connectivity index (χ0n) is 9.97. The van der Waals surface area contributed by atoms with Crippen LogP contribution in [0.4, 0.5) is 0 Å². The Morgan fingerprint density at radius 1 is 1.38 bits per heavy atom. The van der Waals surface area contributed by atoms with Crippen LogP contribution in [0.5, 0.6) is 5.75 Å². The van der Waals surface area contributed by atoms with Gasteiger partial charge in [-0.1, -0.05) is 29.8 Å². The third-order valence-electron chi connectivity index (χ3n) is 2.87. The first-order valence-electron chi connectivity index (χ1n) is 5.46. The maximum atomic E-state index is 6.00. The average Bonchev–Trinajstić information content (AvgIpc) is 2.25. The summed E-state index contributed by atoms with van der Waals surface area (Å²) in [7, 11) is 1.71. The Morgan fingerprint density at radius 2 is 2.06 bits per heavy atom. The summed E-state index contributed by atoms with van der Waals surface area (Å²) in [6, 6.07) is 6.10. The molecule has 0 aliphatic carbocycles. The average molecular weight is 306 g/mol. The zero-order chi connectivity index (χ0) is 12.1. The van der Waals surface area contributed by atoms with Gasteiger partial charge in [-0.2, -0.15) is 0 Å². The highest BCUT2D eigenvalue weighted by molar-refractivity contribution is 9.10. The highest BCUT2D eigenvalue weighted by Gasteiger charge is 2.15. The molecule has 16 heavy (non-hydrogen) atoms. The van der Waals surface area contributed by atoms with Gasteiger partial charge in [0.15, 0.2) is 0 Å². The molecule has 3 heteroatoms. The molecule has 0 aliphatic rings. The number of benzene rings is 1. The standard InChI is InChI=1S/C13H18BrClO/c1-9(2)11(8-15)6-10-7-12(14)4-5-13(10)16-3/h4-5,7,9,11H,6,8H2,1-3H3.